The number of hydrogen-bond acceptors (Lipinski definition) is 7. The van der Waals surface area contributed by atoms with Crippen LogP contribution in [0.25, 0.3) is 5.65 Å². The molecule has 3 aliphatic heterocycles. The number of hydrogen-bond donors (Lipinski definition) is 2. The summed E-state index contributed by atoms with van der Waals surface area (Å²) in [6.45, 7) is 3.27. The van der Waals surface area contributed by atoms with E-state index >= 15 is 0 Å². The molecule has 0 spiro atoms. The van der Waals surface area contributed by atoms with Gasteiger partial charge in [-0.3, -0.25) is 4.79 Å². The van der Waals surface area contributed by atoms with Crippen LogP contribution in [0.5, 0.6) is 5.75 Å². The molecule has 1 unspecified atom stereocenters. The molecule has 3 aromatic rings. The number of rotatable bonds is 4. The molecule has 2 aromatic heterocycles. The Hall–Kier alpha value is -3.17. The maximum atomic E-state index is 13.1. The van der Waals surface area contributed by atoms with E-state index in [9.17, 15) is 9.90 Å². The summed E-state index contributed by atoms with van der Waals surface area (Å²) in [5, 5.41) is 17.0. The lowest BCUT2D eigenvalue weighted by Crippen LogP contribution is -2.71. The Balaban J connectivity index is 1.37. The lowest BCUT2D eigenvalue weighted by Gasteiger charge is -2.56. The van der Waals surface area contributed by atoms with Gasteiger partial charge in [-0.1, -0.05) is 0 Å². The first-order chi connectivity index (χ1) is 14.5. The lowest BCUT2D eigenvalue weighted by atomic mass is 9.92. The number of ether oxygens (including phenoxy) is 2. The molecule has 154 valence electrons. The van der Waals surface area contributed by atoms with Crippen molar-refractivity contribution < 1.29 is 19.4 Å². The molecule has 0 saturated carbocycles. The van der Waals surface area contributed by atoms with Crippen molar-refractivity contribution >= 4 is 22.9 Å². The molecule has 5 heterocycles. The summed E-state index contributed by atoms with van der Waals surface area (Å²) in [6, 6.07) is 6.01. The van der Waals surface area contributed by atoms with E-state index in [1.165, 1.54) is 6.20 Å². The number of nitrogens with zero attached hydrogens (tertiary/aromatic N) is 4. The van der Waals surface area contributed by atoms with Gasteiger partial charge in [0.05, 0.1) is 42.9 Å². The number of aromatic nitrogens is 3. The van der Waals surface area contributed by atoms with Gasteiger partial charge in [-0.2, -0.15) is 5.10 Å². The highest BCUT2D eigenvalue weighted by atomic mass is 16.5. The van der Waals surface area contributed by atoms with Crippen molar-refractivity contribution in [1.82, 2.24) is 14.6 Å². The number of amides is 1. The number of anilines is 2. The minimum absolute atomic E-state index is 0.0744. The molecule has 2 N–H and O–H groups in total. The molecule has 3 aliphatic rings. The van der Waals surface area contributed by atoms with Crippen LogP contribution in [-0.2, 0) is 11.2 Å². The first-order valence-corrected chi connectivity index (χ1v) is 9.99. The normalized spacial score (nSPS) is 26.4. The van der Waals surface area contributed by atoms with E-state index in [4.69, 9.17) is 9.47 Å². The van der Waals surface area contributed by atoms with Crippen LogP contribution in [0.4, 0.5) is 11.4 Å². The number of aliphatic hydroxyl groups excluding tert-OH is 1. The fourth-order valence-corrected chi connectivity index (χ4v) is 4.41. The Labute approximate surface area is 172 Å². The highest BCUT2D eigenvalue weighted by Crippen LogP contribution is 2.45. The second kappa shape index (κ2) is 6.16. The highest BCUT2D eigenvalue weighted by Gasteiger charge is 2.48. The Morgan fingerprint density at radius 2 is 2.33 bits per heavy atom. The molecule has 30 heavy (non-hydrogen) atoms. The third-order valence-corrected chi connectivity index (χ3v) is 6.20. The van der Waals surface area contributed by atoms with Crippen LogP contribution in [0.1, 0.15) is 22.8 Å². The molecular weight excluding hydrogens is 386 g/mol. The number of benzene rings is 1. The van der Waals surface area contributed by atoms with Crippen molar-refractivity contribution in [3.63, 3.8) is 0 Å². The van der Waals surface area contributed by atoms with Crippen molar-refractivity contribution in [3.8, 4) is 5.75 Å². The van der Waals surface area contributed by atoms with Gasteiger partial charge in [-0.15, -0.1) is 0 Å². The first-order valence-electron chi connectivity index (χ1n) is 9.99. The number of aliphatic hydroxyl groups is 1. The minimum atomic E-state index is -0.647. The molecule has 0 radical (unpaired) electrons. The first kappa shape index (κ1) is 17.7. The molecule has 9 nitrogen and oxygen atoms in total. The van der Waals surface area contributed by atoms with Gasteiger partial charge >= 0.3 is 0 Å². The molecule has 2 saturated heterocycles. The quantitative estimate of drug-likeness (QED) is 0.671. The van der Waals surface area contributed by atoms with Crippen LogP contribution < -0.4 is 15.0 Å². The molecular formula is C21H21N5O4. The fraction of sp³-hybridized carbons (Fsp3) is 0.381. The molecule has 3 atom stereocenters. The molecule has 1 amide bonds. The number of carbonyl (C=O) groups excluding carboxylic acids is 1. The van der Waals surface area contributed by atoms with Crippen molar-refractivity contribution in [2.75, 3.05) is 30.0 Å². The summed E-state index contributed by atoms with van der Waals surface area (Å²) < 4.78 is 13.1. The van der Waals surface area contributed by atoms with Gasteiger partial charge in [0.25, 0.3) is 5.91 Å². The van der Waals surface area contributed by atoms with Gasteiger partial charge in [-0.05, 0) is 19.1 Å². The monoisotopic (exact) mass is 407 g/mol. The third-order valence-electron chi connectivity index (χ3n) is 6.20. The molecule has 0 aliphatic carbocycles. The zero-order valence-corrected chi connectivity index (χ0v) is 16.4. The van der Waals surface area contributed by atoms with Crippen molar-refractivity contribution in [2.45, 2.75) is 31.1 Å². The Morgan fingerprint density at radius 1 is 1.43 bits per heavy atom. The largest absolute Gasteiger partial charge is 0.484 e. The number of nitrogens with one attached hydrogen (secondary N) is 1. The molecule has 0 bridgehead atoms. The maximum absolute atomic E-state index is 13.1. The topological polar surface area (TPSA) is 101 Å². The number of carbonyl (C=O) groups is 1. The van der Waals surface area contributed by atoms with Crippen LogP contribution in [0.15, 0.2) is 36.8 Å². The van der Waals surface area contributed by atoms with Gasteiger partial charge in [0.15, 0.2) is 5.65 Å². The van der Waals surface area contributed by atoms with Crippen molar-refractivity contribution in [3.05, 3.63) is 47.9 Å². The SMILES string of the molecule is C[C@@]1(CO)Cc2cc(NC(=O)c3cnn4cccnc34)c(N3C[C@@H]4OCC43)cc2O1. The van der Waals surface area contributed by atoms with E-state index in [-0.39, 0.29) is 18.6 Å². The zero-order valence-electron chi connectivity index (χ0n) is 16.4. The van der Waals surface area contributed by atoms with Gasteiger partial charge in [-0.25, -0.2) is 9.50 Å². The van der Waals surface area contributed by atoms with Crippen LogP contribution in [0.3, 0.4) is 0 Å². The van der Waals surface area contributed by atoms with Crippen LogP contribution in [0, 0.1) is 0 Å². The van der Waals surface area contributed by atoms with Gasteiger partial charge in [0.1, 0.15) is 16.9 Å². The van der Waals surface area contributed by atoms with Gasteiger partial charge in [0, 0.05) is 37.0 Å². The second-order valence-electron chi connectivity index (χ2n) is 8.36. The number of morpholine rings is 1. The standard InChI is InChI=1S/C21H21N5O4/c1-21(11-27)7-12-5-14(15(6-17(12)30-21)25-9-18-16(25)10-29-18)24-20(28)13-8-23-26-4-2-3-22-19(13)26/h2-6,8,16,18,27H,7,9-11H2,1H3,(H,24,28)/t16?,18-,21-/m0/s1. The van der Waals surface area contributed by atoms with Crippen molar-refractivity contribution in [2.24, 2.45) is 0 Å². The van der Waals surface area contributed by atoms with E-state index in [0.717, 1.165) is 23.5 Å². The van der Waals surface area contributed by atoms with Gasteiger partial charge < -0.3 is 24.8 Å². The summed E-state index contributed by atoms with van der Waals surface area (Å²) in [6.07, 6.45) is 5.75. The summed E-state index contributed by atoms with van der Waals surface area (Å²) >= 11 is 0. The third kappa shape index (κ3) is 2.52. The van der Waals surface area contributed by atoms with Crippen molar-refractivity contribution in [1.29, 1.82) is 0 Å². The van der Waals surface area contributed by atoms with Crippen LogP contribution >= 0.6 is 0 Å². The van der Waals surface area contributed by atoms with E-state index in [0.29, 0.717) is 36.0 Å². The molecule has 2 fully saturated rings. The van der Waals surface area contributed by atoms with Gasteiger partial charge in [0.2, 0.25) is 0 Å². The summed E-state index contributed by atoms with van der Waals surface area (Å²) in [7, 11) is 0. The fourth-order valence-electron chi connectivity index (χ4n) is 4.41. The molecule has 9 heteroatoms. The lowest BCUT2D eigenvalue weighted by molar-refractivity contribution is -0.113. The van der Waals surface area contributed by atoms with E-state index in [2.05, 4.69) is 20.3 Å². The summed E-state index contributed by atoms with van der Waals surface area (Å²) in [4.78, 5) is 19.6. The number of fused-ring (bicyclic) bond motifs is 3. The predicted octanol–water partition coefficient (Wildman–Crippen LogP) is 1.25. The average molecular weight is 407 g/mol. The maximum Gasteiger partial charge on any atom is 0.261 e. The zero-order chi connectivity index (χ0) is 20.5. The predicted molar refractivity (Wildman–Crippen MR) is 108 cm³/mol. The molecule has 6 rings (SSSR count). The summed E-state index contributed by atoms with van der Waals surface area (Å²) in [5.41, 5.74) is 2.84. The second-order valence-corrected chi connectivity index (χ2v) is 8.36. The summed E-state index contributed by atoms with van der Waals surface area (Å²) in [5.74, 6) is 0.483. The van der Waals surface area contributed by atoms with E-state index < -0.39 is 5.60 Å². The van der Waals surface area contributed by atoms with E-state index in [1.807, 2.05) is 19.1 Å². The molecule has 1 aromatic carbocycles. The Morgan fingerprint density at radius 3 is 3.07 bits per heavy atom. The Kier molecular flexibility index (Phi) is 3.63. The van der Waals surface area contributed by atoms with E-state index in [1.54, 1.807) is 23.0 Å². The minimum Gasteiger partial charge on any atom is -0.484 e. The van der Waals surface area contributed by atoms with Crippen LogP contribution in [-0.4, -0.2) is 63.1 Å². The average Bonchev–Trinajstić information content (AvgIpc) is 3.30. The highest BCUT2D eigenvalue weighted by molar-refractivity contribution is 6.09. The smallest absolute Gasteiger partial charge is 0.261 e. The Bertz CT molecular complexity index is 1180. The van der Waals surface area contributed by atoms with Crippen LogP contribution in [0.2, 0.25) is 0 Å².